The van der Waals surface area contributed by atoms with Crippen LogP contribution < -0.4 is 0 Å². The van der Waals surface area contributed by atoms with E-state index in [1.807, 2.05) is 56.3 Å². The lowest BCUT2D eigenvalue weighted by Gasteiger charge is -2.19. The zero-order valence-electron chi connectivity index (χ0n) is 15.8. The van der Waals surface area contributed by atoms with Crippen LogP contribution in [0.4, 0.5) is 0 Å². The molecule has 0 aliphatic rings. The molecular formula is C21H23N3O2S. The fourth-order valence-corrected chi connectivity index (χ4v) is 3.64. The van der Waals surface area contributed by atoms with Crippen molar-refractivity contribution < 1.29 is 9.32 Å². The number of hydrogen-bond acceptors (Lipinski definition) is 5. The van der Waals surface area contributed by atoms with Gasteiger partial charge in [0.15, 0.2) is 0 Å². The highest BCUT2D eigenvalue weighted by Gasteiger charge is 2.20. The van der Waals surface area contributed by atoms with Crippen molar-refractivity contribution in [1.29, 1.82) is 0 Å². The van der Waals surface area contributed by atoms with Crippen LogP contribution in [-0.2, 0) is 17.1 Å². The Hall–Kier alpha value is -2.60. The van der Waals surface area contributed by atoms with Crippen LogP contribution in [0.5, 0.6) is 0 Å². The molecule has 1 atom stereocenters. The molecule has 3 aromatic rings. The fraction of sp³-hybridized carbons (Fsp3) is 0.286. The van der Waals surface area contributed by atoms with Crippen molar-refractivity contribution in [2.75, 3.05) is 7.05 Å². The predicted molar refractivity (Wildman–Crippen MR) is 108 cm³/mol. The molecule has 0 radical (unpaired) electrons. The minimum atomic E-state index is -0.144. The van der Waals surface area contributed by atoms with Crippen LogP contribution in [0.1, 0.15) is 23.9 Å². The Balaban J connectivity index is 1.56. The van der Waals surface area contributed by atoms with Crippen molar-refractivity contribution in [3.8, 4) is 11.4 Å². The summed E-state index contributed by atoms with van der Waals surface area (Å²) in [5.74, 6) is 1.83. The fourth-order valence-electron chi connectivity index (χ4n) is 2.68. The summed E-state index contributed by atoms with van der Waals surface area (Å²) < 4.78 is 5.33. The molecule has 0 saturated carbocycles. The molecule has 0 fully saturated rings. The van der Waals surface area contributed by atoms with Crippen molar-refractivity contribution in [1.82, 2.24) is 15.0 Å². The summed E-state index contributed by atoms with van der Waals surface area (Å²) in [5.41, 5.74) is 3.26. The van der Waals surface area contributed by atoms with Gasteiger partial charge in [0.1, 0.15) is 0 Å². The van der Waals surface area contributed by atoms with Crippen molar-refractivity contribution in [2.45, 2.75) is 31.4 Å². The van der Waals surface area contributed by atoms with E-state index in [0.29, 0.717) is 18.3 Å². The average molecular weight is 382 g/mol. The Kier molecular flexibility index (Phi) is 6.29. The van der Waals surface area contributed by atoms with Gasteiger partial charge in [-0.3, -0.25) is 4.79 Å². The van der Waals surface area contributed by atoms with Gasteiger partial charge in [0, 0.05) is 18.4 Å². The summed E-state index contributed by atoms with van der Waals surface area (Å²) in [6, 6.07) is 18.1. The number of benzene rings is 2. The molecule has 0 aliphatic carbocycles. The van der Waals surface area contributed by atoms with Gasteiger partial charge in [0.2, 0.25) is 17.6 Å². The zero-order chi connectivity index (χ0) is 19.2. The Morgan fingerprint density at radius 3 is 2.70 bits per heavy atom. The molecule has 0 bridgehead atoms. The molecule has 3 rings (SSSR count). The van der Waals surface area contributed by atoms with Crippen LogP contribution in [0.2, 0.25) is 0 Å². The van der Waals surface area contributed by atoms with Gasteiger partial charge in [-0.15, -0.1) is 11.8 Å². The van der Waals surface area contributed by atoms with Crippen LogP contribution in [0.15, 0.2) is 59.1 Å². The molecule has 140 valence electrons. The number of carbonyl (C=O) groups excluding carboxylic acids is 1. The van der Waals surface area contributed by atoms with E-state index in [-0.39, 0.29) is 11.2 Å². The Labute approximate surface area is 163 Å². The van der Waals surface area contributed by atoms with Gasteiger partial charge in [-0.25, -0.2) is 0 Å². The standard InChI is InChI=1S/C21H23N3O2S/c1-15-8-7-11-18(12-15)20-22-19(26-23-20)13-24(3)21(25)16(2)27-14-17-9-5-4-6-10-17/h4-12,16H,13-14H2,1-3H3. The van der Waals surface area contributed by atoms with Crippen LogP contribution in [0.3, 0.4) is 0 Å². The van der Waals surface area contributed by atoms with Gasteiger partial charge < -0.3 is 9.42 Å². The highest BCUT2D eigenvalue weighted by Crippen LogP contribution is 2.21. The molecule has 0 spiro atoms. The van der Waals surface area contributed by atoms with E-state index in [1.165, 1.54) is 5.56 Å². The lowest BCUT2D eigenvalue weighted by atomic mass is 10.1. The number of rotatable bonds is 7. The summed E-state index contributed by atoms with van der Waals surface area (Å²) in [6.07, 6.45) is 0. The molecule has 1 unspecified atom stereocenters. The maximum atomic E-state index is 12.6. The lowest BCUT2D eigenvalue weighted by Crippen LogP contribution is -2.33. The molecule has 0 N–H and O–H groups in total. The lowest BCUT2D eigenvalue weighted by molar-refractivity contribution is -0.129. The summed E-state index contributed by atoms with van der Waals surface area (Å²) in [6.45, 7) is 4.25. The molecule has 1 aromatic heterocycles. The van der Waals surface area contributed by atoms with Crippen LogP contribution in [-0.4, -0.2) is 33.2 Å². The first-order valence-electron chi connectivity index (χ1n) is 8.83. The van der Waals surface area contributed by atoms with Gasteiger partial charge in [0.05, 0.1) is 11.8 Å². The monoisotopic (exact) mass is 381 g/mol. The Bertz CT molecular complexity index is 895. The second-order valence-electron chi connectivity index (χ2n) is 6.51. The molecule has 1 heterocycles. The van der Waals surface area contributed by atoms with Crippen molar-refractivity contribution >= 4 is 17.7 Å². The third-order valence-electron chi connectivity index (χ3n) is 4.18. The number of aromatic nitrogens is 2. The van der Waals surface area contributed by atoms with E-state index in [9.17, 15) is 4.79 Å². The quantitative estimate of drug-likeness (QED) is 0.610. The minimum Gasteiger partial charge on any atom is -0.337 e. The molecule has 27 heavy (non-hydrogen) atoms. The molecule has 6 heteroatoms. The van der Waals surface area contributed by atoms with E-state index in [0.717, 1.165) is 16.9 Å². The van der Waals surface area contributed by atoms with Gasteiger partial charge >= 0.3 is 0 Å². The molecule has 1 amide bonds. The molecule has 2 aromatic carbocycles. The third kappa shape index (κ3) is 5.20. The van der Waals surface area contributed by atoms with Gasteiger partial charge in [0.25, 0.3) is 0 Å². The predicted octanol–water partition coefficient (Wildman–Crippen LogP) is 4.33. The second kappa shape index (κ2) is 8.86. The van der Waals surface area contributed by atoms with Crippen LogP contribution in [0, 0.1) is 6.92 Å². The highest BCUT2D eigenvalue weighted by molar-refractivity contribution is 7.99. The number of thioether (sulfide) groups is 1. The number of nitrogens with zero attached hydrogens (tertiary/aromatic N) is 3. The third-order valence-corrected chi connectivity index (χ3v) is 5.39. The minimum absolute atomic E-state index is 0.0474. The molecule has 5 nitrogen and oxygen atoms in total. The summed E-state index contributed by atoms with van der Waals surface area (Å²) >= 11 is 1.62. The Morgan fingerprint density at radius 1 is 1.19 bits per heavy atom. The van der Waals surface area contributed by atoms with E-state index in [2.05, 4.69) is 22.3 Å². The van der Waals surface area contributed by atoms with Gasteiger partial charge in [-0.1, -0.05) is 59.3 Å². The first-order valence-corrected chi connectivity index (χ1v) is 9.88. The normalized spacial score (nSPS) is 12.0. The second-order valence-corrected chi connectivity index (χ2v) is 7.84. The first kappa shape index (κ1) is 19.2. The van der Waals surface area contributed by atoms with E-state index in [4.69, 9.17) is 4.52 Å². The largest absolute Gasteiger partial charge is 0.337 e. The number of hydrogen-bond donors (Lipinski definition) is 0. The first-order chi connectivity index (χ1) is 13.0. The van der Waals surface area contributed by atoms with Crippen LogP contribution in [0.25, 0.3) is 11.4 Å². The van der Waals surface area contributed by atoms with Crippen molar-refractivity contribution in [3.05, 3.63) is 71.6 Å². The molecule has 0 aliphatic heterocycles. The molecular weight excluding hydrogens is 358 g/mol. The van der Waals surface area contributed by atoms with Crippen LogP contribution >= 0.6 is 11.8 Å². The summed E-state index contributed by atoms with van der Waals surface area (Å²) in [7, 11) is 1.76. The maximum Gasteiger partial charge on any atom is 0.246 e. The van der Waals surface area contributed by atoms with Crippen molar-refractivity contribution in [2.24, 2.45) is 0 Å². The average Bonchev–Trinajstić information content (AvgIpc) is 3.15. The number of aryl methyl sites for hydroxylation is 1. The van der Waals surface area contributed by atoms with E-state index >= 15 is 0 Å². The van der Waals surface area contributed by atoms with Crippen molar-refractivity contribution in [3.63, 3.8) is 0 Å². The Morgan fingerprint density at radius 2 is 1.96 bits per heavy atom. The van der Waals surface area contributed by atoms with E-state index < -0.39 is 0 Å². The maximum absolute atomic E-state index is 12.6. The summed E-state index contributed by atoms with van der Waals surface area (Å²) in [5, 5.41) is 3.89. The summed E-state index contributed by atoms with van der Waals surface area (Å²) in [4.78, 5) is 18.7. The van der Waals surface area contributed by atoms with Gasteiger partial charge in [-0.2, -0.15) is 4.98 Å². The zero-order valence-corrected chi connectivity index (χ0v) is 16.6. The number of carbonyl (C=O) groups is 1. The number of amides is 1. The topological polar surface area (TPSA) is 59.2 Å². The smallest absolute Gasteiger partial charge is 0.246 e. The SMILES string of the molecule is Cc1cccc(-c2noc(CN(C)C(=O)C(C)SCc3ccccc3)n2)c1. The van der Waals surface area contributed by atoms with E-state index in [1.54, 1.807) is 23.7 Å². The molecule has 0 saturated heterocycles. The highest BCUT2D eigenvalue weighted by atomic mass is 32.2. The van der Waals surface area contributed by atoms with Gasteiger partial charge in [-0.05, 0) is 25.5 Å².